The fourth-order valence-corrected chi connectivity index (χ4v) is 11.9. The van der Waals surface area contributed by atoms with Crippen LogP contribution in [0.3, 0.4) is 0 Å². The average Bonchev–Trinajstić information content (AvgIpc) is 3.08. The van der Waals surface area contributed by atoms with Crippen molar-refractivity contribution < 1.29 is 21.6 Å². The van der Waals surface area contributed by atoms with Gasteiger partial charge in [-0.15, -0.1) is 0 Å². The summed E-state index contributed by atoms with van der Waals surface area (Å²) in [6.45, 7) is 24.3. The molecule has 0 unspecified atom stereocenters. The minimum atomic E-state index is -1.66. The van der Waals surface area contributed by atoms with Crippen LogP contribution < -0.4 is 25.6 Å². The molecule has 0 aromatic heterocycles. The van der Waals surface area contributed by atoms with Crippen LogP contribution in [-0.4, -0.2) is 20.6 Å². The van der Waals surface area contributed by atoms with Gasteiger partial charge < -0.3 is 4.43 Å². The third-order valence-electron chi connectivity index (χ3n) is 7.99. The molecule has 0 aliphatic heterocycles. The average molecular weight is 876 g/mol. The first-order valence-corrected chi connectivity index (χ1v) is 27.2. The van der Waals surface area contributed by atoms with Crippen molar-refractivity contribution in [1.82, 2.24) is 0 Å². The Morgan fingerprint density at radius 1 is 0.540 bits per heavy atom. The molecular weight excluding hydrogens is 821 g/mol. The van der Waals surface area contributed by atoms with Crippen molar-refractivity contribution in [2.45, 2.75) is 72.0 Å². The molecule has 5 rings (SSSR count). The van der Waals surface area contributed by atoms with E-state index < -0.39 is 8.32 Å². The molecule has 6 heteroatoms. The minimum Gasteiger partial charge on any atom is -0.545 e. The van der Waals surface area contributed by atoms with Crippen molar-refractivity contribution in [2.24, 2.45) is 0 Å². The van der Waals surface area contributed by atoms with Gasteiger partial charge in [0.25, 0.3) is 0 Å². The third-order valence-corrected chi connectivity index (χ3v) is 14.2. The molecule has 0 atom stereocenters. The molecule has 5 aromatic rings. The molecule has 0 saturated heterocycles. The van der Waals surface area contributed by atoms with Crippen molar-refractivity contribution in [2.75, 3.05) is 12.3 Å². The maximum absolute atomic E-state index is 6.48. The molecule has 50 heavy (non-hydrogen) atoms. The Hall–Kier alpha value is -2.01. The molecule has 0 fully saturated rings. The molecule has 1 nitrogen and oxygen atoms in total. The Bertz CT molecular complexity index is 1500. The monoisotopic (exact) mass is 874 g/mol. The van der Waals surface area contributed by atoms with Crippen LogP contribution in [0.5, 0.6) is 5.75 Å². The van der Waals surface area contributed by atoms with Gasteiger partial charge in [0.2, 0.25) is 8.32 Å². The quantitative estimate of drug-likeness (QED) is 0.0814. The molecule has 5 aromatic carbocycles. The zero-order valence-corrected chi connectivity index (χ0v) is 37.2. The van der Waals surface area contributed by atoms with Crippen LogP contribution in [0.15, 0.2) is 133 Å². The fourth-order valence-electron chi connectivity index (χ4n) is 5.67. The Labute approximate surface area is 325 Å². The molecule has 0 saturated carbocycles. The van der Waals surface area contributed by atoms with Gasteiger partial charge in [-0.2, -0.15) is 24.6 Å². The van der Waals surface area contributed by atoms with Gasteiger partial charge in [0.05, 0.1) is 5.75 Å². The second kappa shape index (κ2) is 19.7. The Morgan fingerprint density at radius 2 is 0.800 bits per heavy atom. The van der Waals surface area contributed by atoms with Gasteiger partial charge in [-0.25, -0.2) is 0 Å². The topological polar surface area (TPSA) is 9.23 Å². The van der Waals surface area contributed by atoms with Crippen LogP contribution in [0.1, 0.15) is 58.2 Å². The van der Waals surface area contributed by atoms with Crippen molar-refractivity contribution in [3.8, 4) is 5.75 Å². The Morgan fingerprint density at radius 3 is 1.02 bits per heavy atom. The predicted molar refractivity (Wildman–Crippen MR) is 229 cm³/mol. The summed E-state index contributed by atoms with van der Waals surface area (Å²) in [4.78, 5) is 0. The SMILES string of the molecule is [Br][Pd+].[CH2-]c1cc(C(C)(C)C)c(O[Si](C)(C)C)c(C(C)(C)C)c1.c1ccc(P(CCP(c2ccccc2)c2ccccc2)c2ccccc2)cc1. The van der Waals surface area contributed by atoms with Gasteiger partial charge in [-0.3, -0.25) is 0 Å². The summed E-state index contributed by atoms with van der Waals surface area (Å²) in [5.74, 6) is 1.09. The molecule has 0 heterocycles. The summed E-state index contributed by atoms with van der Waals surface area (Å²) in [6.07, 6.45) is 2.41. The normalized spacial score (nSPS) is 11.7. The van der Waals surface area contributed by atoms with E-state index in [4.69, 9.17) is 4.43 Å². The van der Waals surface area contributed by atoms with E-state index in [2.05, 4.69) is 232 Å². The van der Waals surface area contributed by atoms with Crippen LogP contribution in [0.2, 0.25) is 19.6 Å². The molecule has 0 spiro atoms. The molecule has 0 amide bonds. The van der Waals surface area contributed by atoms with Crippen LogP contribution in [0.25, 0.3) is 0 Å². The van der Waals surface area contributed by atoms with Crippen molar-refractivity contribution in [3.63, 3.8) is 0 Å². The Kier molecular flexibility index (Phi) is 16.7. The standard InChI is InChI=1S/C26H24P2.C18H31OSi.BrH.Pd/c1-5-13-23(14-6-1)27(24-15-7-2-8-16-24)21-22-28(25-17-9-3-10-18-25)26-19-11-4-12-20-26;1-13-11-14(17(2,3)4)16(19-20(8,9)10)15(12-13)18(5,6)7;;/h1-20H,21-22H2;11-12H,1H2,2-10H3;1H;/q;-1;;+2/p-1. The molecule has 0 aliphatic carbocycles. The van der Waals surface area contributed by atoms with Crippen LogP contribution in [-0.2, 0) is 28.0 Å². The van der Waals surface area contributed by atoms with Gasteiger partial charge in [-0.1, -0.05) is 174 Å². The van der Waals surface area contributed by atoms with Crippen molar-refractivity contribution in [1.29, 1.82) is 0 Å². The zero-order chi connectivity index (χ0) is 37.0. The van der Waals surface area contributed by atoms with Crippen molar-refractivity contribution >= 4 is 58.8 Å². The van der Waals surface area contributed by atoms with Gasteiger partial charge in [-0.05, 0) is 79.9 Å². The van der Waals surface area contributed by atoms with E-state index >= 15 is 0 Å². The third kappa shape index (κ3) is 13.2. The number of hydrogen-bond acceptors (Lipinski definition) is 1. The van der Waals surface area contributed by atoms with E-state index in [1.54, 1.807) is 0 Å². The van der Waals surface area contributed by atoms with Gasteiger partial charge in [0.1, 0.15) is 0 Å². The summed E-state index contributed by atoms with van der Waals surface area (Å²) < 4.78 is 6.48. The largest absolute Gasteiger partial charge is 0.545 e. The molecule has 0 N–H and O–H groups in total. The van der Waals surface area contributed by atoms with E-state index in [1.807, 2.05) is 0 Å². The zero-order valence-electron chi connectivity index (χ0n) is 31.3. The summed E-state index contributed by atoms with van der Waals surface area (Å²) in [5.41, 5.74) is 3.74. The molecule has 268 valence electrons. The van der Waals surface area contributed by atoms with Crippen LogP contribution in [0.4, 0.5) is 0 Å². The van der Waals surface area contributed by atoms with E-state index in [0.29, 0.717) is 0 Å². The summed E-state index contributed by atoms with van der Waals surface area (Å²) in [6, 6.07) is 48.6. The number of hydrogen-bond donors (Lipinski definition) is 0. The molecule has 0 aliphatic rings. The molecular formula is C44H55BrOP2PdSi. The van der Waals surface area contributed by atoms with E-state index in [1.165, 1.54) is 44.7 Å². The van der Waals surface area contributed by atoms with Crippen LogP contribution in [0, 0.1) is 6.92 Å². The van der Waals surface area contributed by atoms with Crippen LogP contribution >= 0.6 is 29.3 Å². The predicted octanol–water partition coefficient (Wildman–Crippen LogP) is 11.8. The summed E-state index contributed by atoms with van der Waals surface area (Å²) >= 11 is 5.35. The second-order valence-corrected chi connectivity index (χ2v) is 24.5. The minimum absolute atomic E-state index is 0.0582. The maximum Gasteiger partial charge on any atom is 0.242 e. The maximum atomic E-state index is 6.48. The first kappa shape index (κ1) is 42.4. The fraction of sp³-hybridized carbons (Fsp3) is 0.295. The smallest absolute Gasteiger partial charge is 0.242 e. The van der Waals surface area contributed by atoms with Crippen molar-refractivity contribution in [3.05, 3.63) is 157 Å². The van der Waals surface area contributed by atoms with E-state index in [-0.39, 0.29) is 26.7 Å². The summed E-state index contributed by atoms with van der Waals surface area (Å²) in [5, 5.41) is 5.89. The van der Waals surface area contributed by atoms with Gasteiger partial charge >= 0.3 is 30.6 Å². The first-order chi connectivity index (χ1) is 23.6. The molecule has 0 bridgehead atoms. The van der Waals surface area contributed by atoms with Gasteiger partial charge in [0, 0.05) is 0 Å². The molecule has 0 radical (unpaired) electrons. The number of rotatable bonds is 9. The van der Waals surface area contributed by atoms with E-state index in [9.17, 15) is 0 Å². The first-order valence-electron chi connectivity index (χ1n) is 17.2. The van der Waals surface area contributed by atoms with E-state index in [0.717, 1.165) is 11.3 Å². The van der Waals surface area contributed by atoms with Gasteiger partial charge in [0.15, 0.2) is 0 Å². The Balaban J connectivity index is 0.000000273. The summed E-state index contributed by atoms with van der Waals surface area (Å²) in [7, 11) is -2.35. The number of halogens is 1. The second-order valence-electron chi connectivity index (χ2n) is 15.4. The number of benzene rings is 5.